The second-order valence-corrected chi connectivity index (χ2v) is 7.16. The van der Waals surface area contributed by atoms with Crippen molar-refractivity contribution in [2.24, 2.45) is 0 Å². The Morgan fingerprint density at radius 3 is 2.67 bits per heavy atom. The first-order chi connectivity index (χ1) is 13.0. The SMILES string of the molecule is CCC(C)c1ccc(NC(=O)N2CCN(c3ncccc3F)CC2C)cc1. The quantitative estimate of drug-likeness (QED) is 0.863. The second kappa shape index (κ2) is 8.37. The largest absolute Gasteiger partial charge is 0.350 e. The predicted molar refractivity (Wildman–Crippen MR) is 107 cm³/mol. The Bertz CT molecular complexity index is 780. The number of nitrogens with one attached hydrogen (secondary N) is 1. The fourth-order valence-corrected chi connectivity index (χ4v) is 3.39. The van der Waals surface area contributed by atoms with Crippen LogP contribution >= 0.6 is 0 Å². The number of nitrogens with zero attached hydrogens (tertiary/aromatic N) is 3. The molecule has 1 saturated heterocycles. The average Bonchev–Trinajstić information content (AvgIpc) is 2.68. The Morgan fingerprint density at radius 2 is 2.04 bits per heavy atom. The Balaban J connectivity index is 1.61. The van der Waals surface area contributed by atoms with Gasteiger partial charge in [-0.25, -0.2) is 14.2 Å². The van der Waals surface area contributed by atoms with Gasteiger partial charge in [0.05, 0.1) is 0 Å². The van der Waals surface area contributed by atoms with E-state index in [1.54, 1.807) is 17.2 Å². The molecule has 3 rings (SSSR count). The topological polar surface area (TPSA) is 48.5 Å². The number of hydrogen-bond acceptors (Lipinski definition) is 3. The van der Waals surface area contributed by atoms with Gasteiger partial charge in [0.2, 0.25) is 0 Å². The molecule has 0 saturated carbocycles. The number of aromatic nitrogens is 1. The molecule has 1 aliphatic rings. The molecule has 27 heavy (non-hydrogen) atoms. The van der Waals surface area contributed by atoms with Crippen LogP contribution in [-0.4, -0.2) is 41.6 Å². The highest BCUT2D eigenvalue weighted by Crippen LogP contribution is 2.22. The fraction of sp³-hybridized carbons (Fsp3) is 0.429. The van der Waals surface area contributed by atoms with E-state index in [0.29, 0.717) is 31.4 Å². The smallest absolute Gasteiger partial charge is 0.322 e. The van der Waals surface area contributed by atoms with E-state index in [1.807, 2.05) is 24.0 Å². The first-order valence-corrected chi connectivity index (χ1v) is 9.52. The summed E-state index contributed by atoms with van der Waals surface area (Å²) in [5.41, 5.74) is 2.06. The zero-order valence-electron chi connectivity index (χ0n) is 16.2. The molecule has 1 aliphatic heterocycles. The van der Waals surface area contributed by atoms with Crippen LogP contribution in [0.3, 0.4) is 0 Å². The summed E-state index contributed by atoms with van der Waals surface area (Å²) in [5, 5.41) is 2.97. The normalized spacial score (nSPS) is 18.3. The third kappa shape index (κ3) is 4.38. The zero-order chi connectivity index (χ0) is 19.4. The van der Waals surface area contributed by atoms with Gasteiger partial charge in [-0.05, 0) is 49.1 Å². The van der Waals surface area contributed by atoms with Crippen molar-refractivity contribution in [2.45, 2.75) is 39.2 Å². The van der Waals surface area contributed by atoms with E-state index < -0.39 is 0 Å². The molecule has 0 radical (unpaired) electrons. The van der Waals surface area contributed by atoms with Gasteiger partial charge in [-0.15, -0.1) is 0 Å². The van der Waals surface area contributed by atoms with Crippen LogP contribution < -0.4 is 10.2 Å². The summed E-state index contributed by atoms with van der Waals surface area (Å²) in [6.45, 7) is 7.96. The summed E-state index contributed by atoms with van der Waals surface area (Å²) in [7, 11) is 0. The molecule has 0 aliphatic carbocycles. The molecule has 2 heterocycles. The molecule has 1 fully saturated rings. The van der Waals surface area contributed by atoms with Crippen molar-refractivity contribution in [3.05, 3.63) is 54.0 Å². The minimum absolute atomic E-state index is 0.0421. The minimum atomic E-state index is -0.330. The summed E-state index contributed by atoms with van der Waals surface area (Å²) in [6, 6.07) is 10.9. The highest BCUT2D eigenvalue weighted by molar-refractivity contribution is 5.89. The number of halogens is 1. The number of piperazine rings is 1. The van der Waals surface area contributed by atoms with E-state index in [0.717, 1.165) is 12.1 Å². The van der Waals surface area contributed by atoms with E-state index in [9.17, 15) is 9.18 Å². The Labute approximate surface area is 160 Å². The lowest BCUT2D eigenvalue weighted by Gasteiger charge is -2.40. The molecule has 5 nitrogen and oxygen atoms in total. The van der Waals surface area contributed by atoms with Crippen LogP contribution in [0.1, 0.15) is 38.7 Å². The number of urea groups is 1. The Morgan fingerprint density at radius 1 is 1.30 bits per heavy atom. The summed E-state index contributed by atoms with van der Waals surface area (Å²) in [6.07, 6.45) is 2.68. The monoisotopic (exact) mass is 370 g/mol. The molecule has 1 aromatic carbocycles. The third-order valence-electron chi connectivity index (χ3n) is 5.27. The van der Waals surface area contributed by atoms with Gasteiger partial charge in [0.25, 0.3) is 0 Å². The van der Waals surface area contributed by atoms with Crippen LogP contribution in [0.25, 0.3) is 0 Å². The number of carbonyl (C=O) groups excluding carboxylic acids is 1. The number of carbonyl (C=O) groups is 1. The van der Waals surface area contributed by atoms with Crippen molar-refractivity contribution in [1.82, 2.24) is 9.88 Å². The number of amides is 2. The van der Waals surface area contributed by atoms with E-state index in [1.165, 1.54) is 11.6 Å². The third-order valence-corrected chi connectivity index (χ3v) is 5.27. The molecule has 2 amide bonds. The van der Waals surface area contributed by atoms with Crippen LogP contribution in [0.2, 0.25) is 0 Å². The van der Waals surface area contributed by atoms with Crippen molar-refractivity contribution < 1.29 is 9.18 Å². The van der Waals surface area contributed by atoms with Crippen LogP contribution in [-0.2, 0) is 0 Å². The number of rotatable bonds is 4. The van der Waals surface area contributed by atoms with Crippen LogP contribution in [0.4, 0.5) is 20.7 Å². The Hall–Kier alpha value is -2.63. The maximum atomic E-state index is 14.0. The summed E-state index contributed by atoms with van der Waals surface area (Å²) >= 11 is 0. The maximum Gasteiger partial charge on any atom is 0.322 e. The molecule has 2 unspecified atom stereocenters. The van der Waals surface area contributed by atoms with Crippen molar-refractivity contribution >= 4 is 17.5 Å². The number of anilines is 2. The molecule has 144 valence electrons. The van der Waals surface area contributed by atoms with Gasteiger partial charge in [0, 0.05) is 37.6 Å². The standard InChI is InChI=1S/C21H27FN4O/c1-4-15(2)17-7-9-18(10-8-17)24-21(27)26-13-12-25(14-16(26)3)20-19(22)6-5-11-23-20/h5-11,15-16H,4,12-14H2,1-3H3,(H,24,27). The molecule has 6 heteroatoms. The molecule has 1 aromatic heterocycles. The van der Waals surface area contributed by atoms with E-state index >= 15 is 0 Å². The average molecular weight is 370 g/mol. The summed E-state index contributed by atoms with van der Waals surface area (Å²) in [5.74, 6) is 0.531. The fourth-order valence-electron chi connectivity index (χ4n) is 3.39. The lowest BCUT2D eigenvalue weighted by Crippen LogP contribution is -2.55. The van der Waals surface area contributed by atoms with E-state index in [2.05, 4.69) is 36.3 Å². The molecule has 0 bridgehead atoms. The van der Waals surface area contributed by atoms with Gasteiger partial charge in [-0.1, -0.05) is 26.0 Å². The van der Waals surface area contributed by atoms with E-state index in [-0.39, 0.29) is 17.9 Å². The number of hydrogen-bond donors (Lipinski definition) is 1. The zero-order valence-corrected chi connectivity index (χ0v) is 16.2. The van der Waals surface area contributed by atoms with Gasteiger partial charge in [-0.2, -0.15) is 0 Å². The van der Waals surface area contributed by atoms with Gasteiger partial charge >= 0.3 is 6.03 Å². The van der Waals surface area contributed by atoms with Crippen molar-refractivity contribution in [3.63, 3.8) is 0 Å². The number of benzene rings is 1. The van der Waals surface area contributed by atoms with Gasteiger partial charge < -0.3 is 15.1 Å². The molecule has 0 spiro atoms. The number of pyridine rings is 1. The molecular weight excluding hydrogens is 343 g/mol. The van der Waals surface area contributed by atoms with Gasteiger partial charge in [-0.3, -0.25) is 0 Å². The molecule has 1 N–H and O–H groups in total. The highest BCUT2D eigenvalue weighted by Gasteiger charge is 2.29. The van der Waals surface area contributed by atoms with E-state index in [4.69, 9.17) is 0 Å². The lowest BCUT2D eigenvalue weighted by molar-refractivity contribution is 0.184. The van der Waals surface area contributed by atoms with Crippen molar-refractivity contribution in [2.75, 3.05) is 29.9 Å². The van der Waals surface area contributed by atoms with Crippen LogP contribution in [0.5, 0.6) is 0 Å². The Kier molecular flexibility index (Phi) is 5.94. The molecular formula is C21H27FN4O. The molecule has 2 aromatic rings. The molecule has 2 atom stereocenters. The van der Waals surface area contributed by atoms with Crippen LogP contribution in [0.15, 0.2) is 42.6 Å². The first kappa shape index (κ1) is 19.1. The lowest BCUT2D eigenvalue weighted by atomic mass is 9.99. The van der Waals surface area contributed by atoms with Crippen LogP contribution in [0, 0.1) is 5.82 Å². The predicted octanol–water partition coefficient (Wildman–Crippen LogP) is 4.48. The van der Waals surface area contributed by atoms with Gasteiger partial charge in [0.1, 0.15) is 0 Å². The highest BCUT2D eigenvalue weighted by atomic mass is 19.1. The summed E-state index contributed by atoms with van der Waals surface area (Å²) in [4.78, 5) is 20.5. The second-order valence-electron chi connectivity index (χ2n) is 7.16. The minimum Gasteiger partial charge on any atom is -0.350 e. The van der Waals surface area contributed by atoms with Gasteiger partial charge in [0.15, 0.2) is 11.6 Å². The summed E-state index contributed by atoms with van der Waals surface area (Å²) < 4.78 is 14.0. The van der Waals surface area contributed by atoms with Crippen molar-refractivity contribution in [3.8, 4) is 0 Å². The maximum absolute atomic E-state index is 14.0. The first-order valence-electron chi connectivity index (χ1n) is 9.52. The van der Waals surface area contributed by atoms with Crippen molar-refractivity contribution in [1.29, 1.82) is 0 Å².